The minimum Gasteiger partial charge on any atom is -0.493 e. The number of aromatic nitrogens is 2. The van der Waals surface area contributed by atoms with E-state index in [9.17, 15) is 13.2 Å². The van der Waals surface area contributed by atoms with Crippen LogP contribution in [-0.2, 0) is 21.1 Å². The van der Waals surface area contributed by atoms with Gasteiger partial charge in [0.15, 0.2) is 15.0 Å². The van der Waals surface area contributed by atoms with E-state index in [1.807, 2.05) is 20.1 Å². The van der Waals surface area contributed by atoms with E-state index in [0.717, 1.165) is 22.1 Å². The minimum atomic E-state index is -3.26. The summed E-state index contributed by atoms with van der Waals surface area (Å²) in [5.41, 5.74) is 2.88. The summed E-state index contributed by atoms with van der Waals surface area (Å²) >= 11 is 1.51. The van der Waals surface area contributed by atoms with E-state index in [4.69, 9.17) is 4.74 Å². The number of aryl methyl sites for hydroxylation is 2. The highest BCUT2D eigenvalue weighted by atomic mass is 32.2. The minimum absolute atomic E-state index is 0.0572. The fraction of sp³-hybridized carbons (Fsp3) is 0.476. The Labute approximate surface area is 183 Å². The zero-order chi connectivity index (χ0) is 22.3. The molecule has 9 heteroatoms. The maximum Gasteiger partial charge on any atom is 0.222 e. The predicted octanol–water partition coefficient (Wildman–Crippen LogP) is 3.08. The number of sulfone groups is 1. The summed E-state index contributed by atoms with van der Waals surface area (Å²) in [6.45, 7) is 4.86. The Morgan fingerprint density at radius 2 is 1.87 bits per heavy atom. The molecule has 0 unspecified atom stereocenters. The van der Waals surface area contributed by atoms with Crippen LogP contribution >= 0.6 is 11.8 Å². The van der Waals surface area contributed by atoms with Crippen molar-refractivity contribution in [3.8, 4) is 5.75 Å². The van der Waals surface area contributed by atoms with Gasteiger partial charge in [0.25, 0.3) is 0 Å². The molecule has 0 saturated carbocycles. The number of amides is 1. The van der Waals surface area contributed by atoms with E-state index < -0.39 is 9.84 Å². The first-order valence-corrected chi connectivity index (χ1v) is 12.8. The fourth-order valence-corrected chi connectivity index (χ4v) is 4.11. The summed E-state index contributed by atoms with van der Waals surface area (Å²) in [4.78, 5) is 23.3. The summed E-state index contributed by atoms with van der Waals surface area (Å²) in [5, 5.41) is 0.749. The molecule has 1 aromatic heterocycles. The number of ether oxygens (including phenoxy) is 1. The lowest BCUT2D eigenvalue weighted by atomic mass is 10.1. The van der Waals surface area contributed by atoms with Gasteiger partial charge in [-0.2, -0.15) is 0 Å². The standard InChI is InChI=1S/C21H29N3O4S2/c1-15-19(16(2)23-21(22-15)29-4)10-11-20(25)24(3)12-7-13-28-17-8-6-9-18(14-17)30(5,26)27/h6,8-9,14H,7,10-13H2,1-5H3. The maximum absolute atomic E-state index is 12.5. The molecule has 0 saturated heterocycles. The molecule has 0 spiro atoms. The van der Waals surface area contributed by atoms with E-state index in [1.165, 1.54) is 30.2 Å². The van der Waals surface area contributed by atoms with Gasteiger partial charge in [-0.1, -0.05) is 17.8 Å². The number of benzene rings is 1. The summed E-state index contributed by atoms with van der Waals surface area (Å²) in [7, 11) is -1.49. The van der Waals surface area contributed by atoms with Crippen LogP contribution in [0.1, 0.15) is 29.8 Å². The SMILES string of the molecule is CSc1nc(C)c(CCC(=O)N(C)CCCOc2cccc(S(C)(=O)=O)c2)c(C)n1. The summed E-state index contributed by atoms with van der Waals surface area (Å²) in [6, 6.07) is 6.43. The third-order valence-electron chi connectivity index (χ3n) is 4.74. The molecular formula is C21H29N3O4S2. The van der Waals surface area contributed by atoms with Gasteiger partial charge >= 0.3 is 0 Å². The van der Waals surface area contributed by atoms with Crippen LogP contribution in [0.4, 0.5) is 0 Å². The molecule has 0 radical (unpaired) electrons. The molecule has 0 aliphatic heterocycles. The molecule has 30 heavy (non-hydrogen) atoms. The number of hydrogen-bond acceptors (Lipinski definition) is 7. The van der Waals surface area contributed by atoms with Crippen molar-refractivity contribution in [2.24, 2.45) is 0 Å². The first-order chi connectivity index (χ1) is 14.1. The highest BCUT2D eigenvalue weighted by molar-refractivity contribution is 7.98. The average Bonchev–Trinajstić information content (AvgIpc) is 2.69. The molecule has 1 aromatic carbocycles. The number of thioether (sulfide) groups is 1. The topological polar surface area (TPSA) is 89.5 Å². The van der Waals surface area contributed by atoms with Gasteiger partial charge in [0, 0.05) is 37.7 Å². The van der Waals surface area contributed by atoms with Gasteiger partial charge in [0.2, 0.25) is 5.91 Å². The molecule has 1 amide bonds. The zero-order valence-corrected chi connectivity index (χ0v) is 19.8. The Morgan fingerprint density at radius 3 is 2.47 bits per heavy atom. The smallest absolute Gasteiger partial charge is 0.222 e. The second-order valence-corrected chi connectivity index (χ2v) is 9.91. The lowest BCUT2D eigenvalue weighted by molar-refractivity contribution is -0.129. The molecule has 2 rings (SSSR count). The average molecular weight is 452 g/mol. The molecule has 0 bridgehead atoms. The Balaban J connectivity index is 1.79. The number of rotatable bonds is 10. The van der Waals surface area contributed by atoms with E-state index in [1.54, 1.807) is 24.1 Å². The molecule has 1 heterocycles. The molecule has 164 valence electrons. The molecule has 0 atom stereocenters. The number of nitrogens with zero attached hydrogens (tertiary/aromatic N) is 3. The fourth-order valence-electron chi connectivity index (χ4n) is 3.00. The van der Waals surface area contributed by atoms with Gasteiger partial charge in [-0.3, -0.25) is 4.79 Å². The van der Waals surface area contributed by atoms with E-state index in [2.05, 4.69) is 9.97 Å². The van der Waals surface area contributed by atoms with Crippen LogP contribution in [0.2, 0.25) is 0 Å². The van der Waals surface area contributed by atoms with Crippen molar-refractivity contribution >= 4 is 27.5 Å². The van der Waals surface area contributed by atoms with Gasteiger partial charge < -0.3 is 9.64 Å². The highest BCUT2D eigenvalue weighted by Gasteiger charge is 2.13. The van der Waals surface area contributed by atoms with Crippen LogP contribution in [0.25, 0.3) is 0 Å². The van der Waals surface area contributed by atoms with E-state index in [0.29, 0.717) is 38.2 Å². The van der Waals surface area contributed by atoms with Crippen LogP contribution in [-0.4, -0.2) is 61.9 Å². The summed E-state index contributed by atoms with van der Waals surface area (Å²) in [6.07, 6.45) is 4.77. The van der Waals surface area contributed by atoms with Crippen LogP contribution in [0.5, 0.6) is 5.75 Å². The lowest BCUT2D eigenvalue weighted by Gasteiger charge is -2.18. The van der Waals surface area contributed by atoms with Crippen molar-refractivity contribution in [1.29, 1.82) is 0 Å². The largest absolute Gasteiger partial charge is 0.493 e. The van der Waals surface area contributed by atoms with Crippen LogP contribution in [0.3, 0.4) is 0 Å². The van der Waals surface area contributed by atoms with E-state index in [-0.39, 0.29) is 10.8 Å². The van der Waals surface area contributed by atoms with Crippen LogP contribution in [0.15, 0.2) is 34.3 Å². The predicted molar refractivity (Wildman–Crippen MR) is 119 cm³/mol. The summed E-state index contributed by atoms with van der Waals surface area (Å²) < 4.78 is 28.9. The van der Waals surface area contributed by atoms with Gasteiger partial charge in [0.05, 0.1) is 11.5 Å². The van der Waals surface area contributed by atoms with Gasteiger partial charge in [-0.15, -0.1) is 0 Å². The first-order valence-electron chi connectivity index (χ1n) is 9.66. The molecule has 0 fully saturated rings. The van der Waals surface area contributed by atoms with Crippen LogP contribution in [0, 0.1) is 13.8 Å². The third kappa shape index (κ3) is 6.98. The Bertz CT molecular complexity index is 970. The normalized spacial score (nSPS) is 11.4. The Kier molecular flexibility index (Phi) is 8.66. The quantitative estimate of drug-likeness (QED) is 0.311. The van der Waals surface area contributed by atoms with Crippen molar-refractivity contribution in [1.82, 2.24) is 14.9 Å². The number of carbonyl (C=O) groups is 1. The van der Waals surface area contributed by atoms with Gasteiger partial charge in [0.1, 0.15) is 5.75 Å². The van der Waals surface area contributed by atoms with Crippen molar-refractivity contribution in [2.45, 2.75) is 43.2 Å². The van der Waals surface area contributed by atoms with Crippen molar-refractivity contribution in [3.05, 3.63) is 41.2 Å². The molecule has 7 nitrogen and oxygen atoms in total. The highest BCUT2D eigenvalue weighted by Crippen LogP contribution is 2.18. The number of carbonyl (C=O) groups excluding carboxylic acids is 1. The van der Waals surface area contributed by atoms with Crippen LogP contribution < -0.4 is 4.74 Å². The Hall–Kier alpha value is -2.13. The van der Waals surface area contributed by atoms with Gasteiger partial charge in [-0.05, 0) is 56.7 Å². The molecule has 2 aromatic rings. The molecule has 0 aliphatic carbocycles. The molecule has 0 N–H and O–H groups in total. The number of hydrogen-bond donors (Lipinski definition) is 0. The molecular weight excluding hydrogens is 422 g/mol. The monoisotopic (exact) mass is 451 g/mol. The van der Waals surface area contributed by atoms with Crippen molar-refractivity contribution in [2.75, 3.05) is 32.7 Å². The third-order valence-corrected chi connectivity index (χ3v) is 6.40. The second-order valence-electron chi connectivity index (χ2n) is 7.12. The first kappa shape index (κ1) is 24.1. The van der Waals surface area contributed by atoms with Gasteiger partial charge in [-0.25, -0.2) is 18.4 Å². The molecule has 0 aliphatic rings. The van der Waals surface area contributed by atoms with E-state index >= 15 is 0 Å². The Morgan fingerprint density at radius 1 is 1.20 bits per heavy atom. The summed E-state index contributed by atoms with van der Waals surface area (Å²) in [5.74, 6) is 0.563. The van der Waals surface area contributed by atoms with Crippen molar-refractivity contribution in [3.63, 3.8) is 0 Å². The zero-order valence-electron chi connectivity index (χ0n) is 18.1. The van der Waals surface area contributed by atoms with Crippen molar-refractivity contribution < 1.29 is 17.9 Å². The maximum atomic E-state index is 12.5. The lowest BCUT2D eigenvalue weighted by Crippen LogP contribution is -2.29. The second kappa shape index (κ2) is 10.8.